The first-order valence-electron chi connectivity index (χ1n) is 11.4. The van der Waals surface area contributed by atoms with Crippen molar-refractivity contribution in [1.29, 1.82) is 5.26 Å². The third-order valence-electron chi connectivity index (χ3n) is 6.16. The number of carbonyl (C=O) groups is 1. The number of nitrogens with two attached hydrogens (primary N) is 1. The molecule has 0 aliphatic carbocycles. The van der Waals surface area contributed by atoms with Crippen LogP contribution in [-0.4, -0.2) is 48.2 Å². The van der Waals surface area contributed by atoms with Gasteiger partial charge in [0, 0.05) is 43.1 Å². The van der Waals surface area contributed by atoms with Gasteiger partial charge in [-0.3, -0.25) is 9.69 Å². The summed E-state index contributed by atoms with van der Waals surface area (Å²) >= 11 is 0. The van der Waals surface area contributed by atoms with Crippen molar-refractivity contribution in [3.8, 4) is 17.2 Å². The molecule has 0 spiro atoms. The summed E-state index contributed by atoms with van der Waals surface area (Å²) in [5.41, 5.74) is 11.1. The number of benzene rings is 1. The highest BCUT2D eigenvalue weighted by atomic mass is 16.5. The van der Waals surface area contributed by atoms with E-state index in [1.807, 2.05) is 19.1 Å². The van der Waals surface area contributed by atoms with Crippen molar-refractivity contribution in [2.45, 2.75) is 52.5 Å². The largest absolute Gasteiger partial charge is 0.379 e. The van der Waals surface area contributed by atoms with Crippen LogP contribution in [0.1, 0.15) is 59.9 Å². The topological polar surface area (TPSA) is 84.3 Å². The number of carbonyl (C=O) groups excluding carboxylic acids is 1. The molecule has 2 aromatic rings. The summed E-state index contributed by atoms with van der Waals surface area (Å²) in [5.74, 6) is -0.388. The number of aromatic nitrogens is 1. The van der Waals surface area contributed by atoms with Crippen molar-refractivity contribution in [3.05, 3.63) is 46.8 Å². The Balaban J connectivity index is 1.95. The average molecular weight is 423 g/mol. The van der Waals surface area contributed by atoms with Crippen molar-refractivity contribution < 1.29 is 9.53 Å². The lowest BCUT2D eigenvalue weighted by Gasteiger charge is -2.26. The lowest BCUT2D eigenvalue weighted by Crippen LogP contribution is -2.37. The van der Waals surface area contributed by atoms with Gasteiger partial charge in [-0.15, -0.1) is 0 Å². The Morgan fingerprint density at radius 3 is 2.45 bits per heavy atom. The predicted octanol–water partition coefficient (Wildman–Crippen LogP) is 3.89. The number of rotatable bonds is 10. The van der Waals surface area contributed by atoms with Crippen LogP contribution in [0.2, 0.25) is 0 Å². The van der Waals surface area contributed by atoms with Crippen molar-refractivity contribution in [1.82, 2.24) is 9.47 Å². The van der Waals surface area contributed by atoms with Crippen LogP contribution in [0.25, 0.3) is 11.1 Å². The molecule has 31 heavy (non-hydrogen) atoms. The lowest BCUT2D eigenvalue weighted by atomic mass is 9.96. The predicted molar refractivity (Wildman–Crippen MR) is 123 cm³/mol. The average Bonchev–Trinajstić information content (AvgIpc) is 3.06. The minimum atomic E-state index is -0.388. The van der Waals surface area contributed by atoms with E-state index in [2.05, 4.69) is 22.5 Å². The molecule has 6 heteroatoms. The van der Waals surface area contributed by atoms with E-state index in [9.17, 15) is 4.79 Å². The number of hydrogen-bond acceptors (Lipinski definition) is 4. The van der Waals surface area contributed by atoms with Crippen LogP contribution in [0.3, 0.4) is 0 Å². The lowest BCUT2D eigenvalue weighted by molar-refractivity contribution is 0.0369. The fraction of sp³-hybridized carbons (Fsp3) is 0.520. The molecule has 2 N–H and O–H groups in total. The molecule has 0 atom stereocenters. The number of amides is 1. The normalized spacial score (nSPS) is 14.5. The first-order chi connectivity index (χ1) is 15.1. The fourth-order valence-electron chi connectivity index (χ4n) is 4.50. The summed E-state index contributed by atoms with van der Waals surface area (Å²) in [6.07, 6.45) is 5.30. The fourth-order valence-corrected chi connectivity index (χ4v) is 4.50. The molecule has 1 saturated heterocycles. The second-order valence-corrected chi connectivity index (χ2v) is 8.25. The third kappa shape index (κ3) is 5.55. The Labute approximate surface area is 185 Å². The second-order valence-electron chi connectivity index (χ2n) is 8.25. The number of ether oxygens (including phenoxy) is 1. The van der Waals surface area contributed by atoms with Gasteiger partial charge in [0.2, 0.25) is 0 Å². The molecule has 0 saturated carbocycles. The van der Waals surface area contributed by atoms with Gasteiger partial charge in [0.05, 0.1) is 30.4 Å². The summed E-state index contributed by atoms with van der Waals surface area (Å²) in [5, 5.41) is 9.15. The summed E-state index contributed by atoms with van der Waals surface area (Å²) in [6.45, 7) is 9.66. The van der Waals surface area contributed by atoms with E-state index < -0.39 is 0 Å². The van der Waals surface area contributed by atoms with Crippen molar-refractivity contribution in [2.75, 3.05) is 32.8 Å². The van der Waals surface area contributed by atoms with Crippen LogP contribution in [0.4, 0.5) is 0 Å². The Bertz CT molecular complexity index is 918. The summed E-state index contributed by atoms with van der Waals surface area (Å²) in [7, 11) is 0. The van der Waals surface area contributed by atoms with E-state index in [-0.39, 0.29) is 5.91 Å². The third-order valence-corrected chi connectivity index (χ3v) is 6.16. The molecule has 3 rings (SSSR count). The molecule has 1 amide bonds. The van der Waals surface area contributed by atoms with E-state index >= 15 is 0 Å². The van der Waals surface area contributed by atoms with Gasteiger partial charge >= 0.3 is 0 Å². The van der Waals surface area contributed by atoms with Crippen LogP contribution in [-0.2, 0) is 17.7 Å². The van der Waals surface area contributed by atoms with E-state index in [4.69, 9.17) is 15.7 Å². The van der Waals surface area contributed by atoms with E-state index in [0.29, 0.717) is 11.1 Å². The molecule has 1 aromatic heterocycles. The molecule has 0 bridgehead atoms. The standard InChI is InChI=1S/C25H34N4O2/c1-3-4-5-7-22-24(21-10-8-20(18-26)9-11-21)23(25(27)30)19(2)29(22)13-6-12-28-14-16-31-17-15-28/h8-11H,3-7,12-17H2,1-2H3,(H2,27,30). The van der Waals surface area contributed by atoms with Crippen LogP contribution in [0.5, 0.6) is 0 Å². The van der Waals surface area contributed by atoms with Crippen LogP contribution >= 0.6 is 0 Å². The highest BCUT2D eigenvalue weighted by molar-refractivity contribution is 6.02. The quantitative estimate of drug-likeness (QED) is 0.589. The minimum Gasteiger partial charge on any atom is -0.379 e. The number of nitrogens with zero attached hydrogens (tertiary/aromatic N) is 3. The molecule has 0 radical (unpaired) electrons. The Kier molecular flexibility index (Phi) is 8.27. The van der Waals surface area contributed by atoms with E-state index in [0.717, 1.165) is 88.3 Å². The second kappa shape index (κ2) is 11.1. The van der Waals surface area contributed by atoms with Crippen LogP contribution in [0, 0.1) is 18.3 Å². The van der Waals surface area contributed by atoms with E-state index in [1.54, 1.807) is 12.1 Å². The van der Waals surface area contributed by atoms with Crippen LogP contribution in [0.15, 0.2) is 24.3 Å². The minimum absolute atomic E-state index is 0.388. The van der Waals surface area contributed by atoms with Gasteiger partial charge < -0.3 is 15.0 Å². The molecule has 1 fully saturated rings. The number of morpholine rings is 1. The van der Waals surface area contributed by atoms with Crippen molar-refractivity contribution in [3.63, 3.8) is 0 Å². The zero-order valence-electron chi connectivity index (χ0n) is 18.8. The molecular weight excluding hydrogens is 388 g/mol. The first kappa shape index (κ1) is 23.1. The van der Waals surface area contributed by atoms with Gasteiger partial charge in [-0.25, -0.2) is 0 Å². The maximum absolute atomic E-state index is 12.5. The summed E-state index contributed by atoms with van der Waals surface area (Å²) in [6, 6.07) is 9.64. The Hall–Kier alpha value is -2.62. The Morgan fingerprint density at radius 1 is 1.13 bits per heavy atom. The SMILES string of the molecule is CCCCCc1c(-c2ccc(C#N)cc2)c(C(N)=O)c(C)n1CCCN1CCOCC1. The van der Waals surface area contributed by atoms with Gasteiger partial charge in [-0.1, -0.05) is 31.9 Å². The molecule has 166 valence electrons. The first-order valence-corrected chi connectivity index (χ1v) is 11.4. The molecule has 1 aromatic carbocycles. The zero-order chi connectivity index (χ0) is 22.2. The van der Waals surface area contributed by atoms with E-state index in [1.165, 1.54) is 5.69 Å². The van der Waals surface area contributed by atoms with Crippen LogP contribution < -0.4 is 5.73 Å². The monoisotopic (exact) mass is 422 g/mol. The summed E-state index contributed by atoms with van der Waals surface area (Å²) < 4.78 is 7.76. The maximum atomic E-state index is 12.5. The maximum Gasteiger partial charge on any atom is 0.251 e. The number of unbranched alkanes of at least 4 members (excludes halogenated alkanes) is 2. The van der Waals surface area contributed by atoms with Gasteiger partial charge in [-0.05, 0) is 43.9 Å². The zero-order valence-corrected chi connectivity index (χ0v) is 18.8. The van der Waals surface area contributed by atoms with Gasteiger partial charge in [-0.2, -0.15) is 5.26 Å². The van der Waals surface area contributed by atoms with Crippen molar-refractivity contribution >= 4 is 5.91 Å². The van der Waals surface area contributed by atoms with Gasteiger partial charge in [0.15, 0.2) is 0 Å². The number of primary amides is 1. The molecule has 2 heterocycles. The number of nitriles is 1. The Morgan fingerprint density at radius 2 is 1.84 bits per heavy atom. The highest BCUT2D eigenvalue weighted by Crippen LogP contribution is 2.34. The summed E-state index contributed by atoms with van der Waals surface area (Å²) in [4.78, 5) is 14.9. The highest BCUT2D eigenvalue weighted by Gasteiger charge is 2.24. The molecular formula is C25H34N4O2. The smallest absolute Gasteiger partial charge is 0.251 e. The van der Waals surface area contributed by atoms with Gasteiger partial charge in [0.1, 0.15) is 0 Å². The van der Waals surface area contributed by atoms with Gasteiger partial charge in [0.25, 0.3) is 5.91 Å². The number of hydrogen-bond donors (Lipinski definition) is 1. The molecule has 1 aliphatic heterocycles. The molecule has 1 aliphatic rings. The van der Waals surface area contributed by atoms with Crippen molar-refractivity contribution in [2.24, 2.45) is 5.73 Å². The molecule has 0 unspecified atom stereocenters. The molecule has 6 nitrogen and oxygen atoms in total.